The van der Waals surface area contributed by atoms with Crippen molar-refractivity contribution in [3.8, 4) is 0 Å². The summed E-state index contributed by atoms with van der Waals surface area (Å²) < 4.78 is 22.6. The Balaban J connectivity index is 2.10. The van der Waals surface area contributed by atoms with E-state index in [2.05, 4.69) is 15.9 Å². The van der Waals surface area contributed by atoms with E-state index in [4.69, 9.17) is 0 Å². The fraction of sp³-hybridized carbons (Fsp3) is 0.417. The maximum absolute atomic E-state index is 11.6. The average Bonchev–Trinajstić information content (AvgIpc) is 2.57. The minimum Gasteiger partial charge on any atom is -0.337 e. The van der Waals surface area contributed by atoms with Crippen molar-refractivity contribution >= 4 is 31.7 Å². The van der Waals surface area contributed by atoms with Crippen LogP contribution in [0, 0.1) is 0 Å². The highest BCUT2D eigenvalue weighted by Crippen LogP contribution is 2.20. The van der Waals surface area contributed by atoms with E-state index in [1.165, 1.54) is 6.26 Å². The molecule has 0 radical (unpaired) electrons. The van der Waals surface area contributed by atoms with Crippen LogP contribution in [-0.2, 0) is 21.2 Å². The van der Waals surface area contributed by atoms with Gasteiger partial charge in [0.2, 0.25) is 5.91 Å². The van der Waals surface area contributed by atoms with Gasteiger partial charge in [0.1, 0.15) is 0 Å². The van der Waals surface area contributed by atoms with Crippen molar-refractivity contribution in [3.63, 3.8) is 0 Å². The minimum absolute atomic E-state index is 0.129. The molecule has 0 aromatic heterocycles. The van der Waals surface area contributed by atoms with Gasteiger partial charge in [0.25, 0.3) is 0 Å². The average molecular weight is 332 g/mol. The summed E-state index contributed by atoms with van der Waals surface area (Å²) in [4.78, 5) is 13.9. The quantitative estimate of drug-likeness (QED) is 0.790. The number of likely N-dealkylation sites (tertiary alicyclic amines) is 1. The van der Waals surface area contributed by atoms with Gasteiger partial charge in [-0.1, -0.05) is 28.1 Å². The van der Waals surface area contributed by atoms with Crippen molar-refractivity contribution in [2.45, 2.75) is 22.7 Å². The fourth-order valence-corrected chi connectivity index (χ4v) is 3.20. The lowest BCUT2D eigenvalue weighted by Crippen LogP contribution is -2.24. The number of sulfone groups is 1. The predicted octanol–water partition coefficient (Wildman–Crippen LogP) is 1.59. The van der Waals surface area contributed by atoms with Crippen LogP contribution in [0.25, 0.3) is 0 Å². The molecule has 1 atom stereocenters. The summed E-state index contributed by atoms with van der Waals surface area (Å²) in [5.41, 5.74) is 0.942. The Bertz CT molecular complexity index is 553. The lowest BCUT2D eigenvalue weighted by atomic mass is 10.2. The molecule has 1 fully saturated rings. The molecule has 4 nitrogen and oxygen atoms in total. The van der Waals surface area contributed by atoms with Crippen LogP contribution in [0.3, 0.4) is 0 Å². The maximum Gasteiger partial charge on any atom is 0.224 e. The van der Waals surface area contributed by atoms with Crippen molar-refractivity contribution in [3.05, 3.63) is 29.8 Å². The zero-order valence-electron chi connectivity index (χ0n) is 9.97. The number of hydrogen-bond donors (Lipinski definition) is 0. The van der Waals surface area contributed by atoms with Crippen molar-refractivity contribution in [1.29, 1.82) is 0 Å². The molecule has 1 unspecified atom stereocenters. The smallest absolute Gasteiger partial charge is 0.224 e. The van der Waals surface area contributed by atoms with Crippen LogP contribution in [-0.4, -0.2) is 36.9 Å². The zero-order valence-corrected chi connectivity index (χ0v) is 12.4. The normalized spacial score (nSPS) is 20.4. The molecule has 1 amide bonds. The minimum atomic E-state index is -3.15. The van der Waals surface area contributed by atoms with E-state index in [1.54, 1.807) is 29.2 Å². The molecule has 0 bridgehead atoms. The molecule has 1 heterocycles. The number of amides is 1. The van der Waals surface area contributed by atoms with Crippen molar-refractivity contribution in [1.82, 2.24) is 4.90 Å². The molecular formula is C12H14BrNO3S. The molecule has 1 aliphatic heterocycles. The van der Waals surface area contributed by atoms with E-state index in [1.807, 2.05) is 0 Å². The summed E-state index contributed by atoms with van der Waals surface area (Å²) in [5.74, 6) is 0.129. The van der Waals surface area contributed by atoms with Crippen LogP contribution in [0.15, 0.2) is 29.2 Å². The summed E-state index contributed by atoms with van der Waals surface area (Å²) >= 11 is 3.43. The van der Waals surface area contributed by atoms with Gasteiger partial charge in [-0.25, -0.2) is 8.42 Å². The number of alkyl halides is 1. The van der Waals surface area contributed by atoms with Gasteiger partial charge >= 0.3 is 0 Å². The Morgan fingerprint density at radius 2 is 1.94 bits per heavy atom. The second-order valence-corrected chi connectivity index (χ2v) is 7.80. The highest BCUT2D eigenvalue weighted by atomic mass is 79.9. The number of carbonyl (C=O) groups excluding carboxylic acids is 1. The standard InChI is InChI=1S/C12H14BrNO3S/c1-18(16,17)11-4-2-9(3-5-11)7-14-8-10(13)6-12(14)15/h2-5,10H,6-8H2,1H3. The van der Waals surface area contributed by atoms with E-state index < -0.39 is 9.84 Å². The number of benzene rings is 1. The van der Waals surface area contributed by atoms with Crippen LogP contribution >= 0.6 is 15.9 Å². The van der Waals surface area contributed by atoms with E-state index in [0.717, 1.165) is 5.56 Å². The van der Waals surface area contributed by atoms with Gasteiger partial charge in [0.15, 0.2) is 9.84 Å². The van der Waals surface area contributed by atoms with Gasteiger partial charge in [0.05, 0.1) is 4.90 Å². The molecule has 18 heavy (non-hydrogen) atoms. The monoisotopic (exact) mass is 331 g/mol. The first-order chi connectivity index (χ1) is 8.36. The third-order valence-corrected chi connectivity index (χ3v) is 4.63. The van der Waals surface area contributed by atoms with Crippen LogP contribution in [0.5, 0.6) is 0 Å². The summed E-state index contributed by atoms with van der Waals surface area (Å²) in [6.45, 7) is 1.23. The second kappa shape index (κ2) is 5.01. The molecule has 1 aliphatic rings. The van der Waals surface area contributed by atoms with Crippen LogP contribution in [0.4, 0.5) is 0 Å². The molecule has 1 aromatic carbocycles. The predicted molar refractivity (Wildman–Crippen MR) is 72.3 cm³/mol. The number of hydrogen-bond acceptors (Lipinski definition) is 3. The lowest BCUT2D eigenvalue weighted by Gasteiger charge is -2.15. The SMILES string of the molecule is CS(=O)(=O)c1ccc(CN2CC(Br)CC2=O)cc1. The number of nitrogens with zero attached hydrogens (tertiary/aromatic N) is 1. The summed E-state index contributed by atoms with van der Waals surface area (Å²) in [7, 11) is -3.15. The van der Waals surface area contributed by atoms with Crippen LogP contribution in [0.2, 0.25) is 0 Å². The third-order valence-electron chi connectivity index (χ3n) is 2.89. The molecule has 0 saturated carbocycles. The summed E-state index contributed by atoms with van der Waals surface area (Å²) in [6.07, 6.45) is 1.71. The summed E-state index contributed by atoms with van der Waals surface area (Å²) in [5, 5.41) is 0. The van der Waals surface area contributed by atoms with Crippen LogP contribution in [0.1, 0.15) is 12.0 Å². The van der Waals surface area contributed by atoms with Gasteiger partial charge in [-0.15, -0.1) is 0 Å². The van der Waals surface area contributed by atoms with Crippen LogP contribution < -0.4 is 0 Å². The van der Waals surface area contributed by atoms with E-state index in [-0.39, 0.29) is 10.7 Å². The van der Waals surface area contributed by atoms with Gasteiger partial charge in [-0.05, 0) is 17.7 Å². The van der Waals surface area contributed by atoms with Gasteiger partial charge in [-0.2, -0.15) is 0 Å². The molecule has 1 aromatic rings. The van der Waals surface area contributed by atoms with E-state index >= 15 is 0 Å². The van der Waals surface area contributed by atoms with Crippen molar-refractivity contribution in [2.75, 3.05) is 12.8 Å². The topological polar surface area (TPSA) is 54.5 Å². The largest absolute Gasteiger partial charge is 0.337 e. The summed E-state index contributed by atoms with van der Waals surface area (Å²) in [6, 6.07) is 6.67. The van der Waals surface area contributed by atoms with Gasteiger partial charge in [-0.3, -0.25) is 4.79 Å². The van der Waals surface area contributed by atoms with Crippen molar-refractivity contribution in [2.24, 2.45) is 0 Å². The first kappa shape index (κ1) is 13.5. The molecule has 6 heteroatoms. The van der Waals surface area contributed by atoms with E-state index in [9.17, 15) is 13.2 Å². The lowest BCUT2D eigenvalue weighted by molar-refractivity contribution is -0.128. The first-order valence-corrected chi connectivity index (χ1v) is 8.38. The third kappa shape index (κ3) is 3.11. The Hall–Kier alpha value is -0.880. The highest BCUT2D eigenvalue weighted by molar-refractivity contribution is 9.09. The van der Waals surface area contributed by atoms with Crippen molar-refractivity contribution < 1.29 is 13.2 Å². The Morgan fingerprint density at radius 1 is 1.33 bits per heavy atom. The zero-order chi connectivity index (χ0) is 13.3. The molecule has 0 aliphatic carbocycles. The number of rotatable bonds is 3. The fourth-order valence-electron chi connectivity index (χ4n) is 1.94. The molecule has 0 N–H and O–H groups in total. The van der Waals surface area contributed by atoms with E-state index in [0.29, 0.717) is 24.4 Å². The first-order valence-electron chi connectivity index (χ1n) is 5.57. The molecule has 98 valence electrons. The molecular weight excluding hydrogens is 318 g/mol. The second-order valence-electron chi connectivity index (χ2n) is 4.49. The highest BCUT2D eigenvalue weighted by Gasteiger charge is 2.27. The molecule has 0 spiro atoms. The van der Waals surface area contributed by atoms with Gasteiger partial charge in [0, 0.05) is 30.6 Å². The molecule has 2 rings (SSSR count). The number of carbonyl (C=O) groups is 1. The Labute approximate surface area is 115 Å². The molecule has 1 saturated heterocycles. The Kier molecular flexibility index (Phi) is 3.77. The maximum atomic E-state index is 11.6. The van der Waals surface area contributed by atoms with Gasteiger partial charge < -0.3 is 4.90 Å². The number of halogens is 1. The Morgan fingerprint density at radius 3 is 2.39 bits per heavy atom.